The minimum atomic E-state index is -0.561. The minimum Gasteiger partial charge on any atom is -0.465 e. The number of hydrogen-bond donors (Lipinski definition) is 1. The average molecular weight is 260 g/mol. The highest BCUT2D eigenvalue weighted by molar-refractivity contribution is 6.05. The van der Waals surface area contributed by atoms with Gasteiger partial charge in [-0.05, 0) is 6.07 Å². The highest BCUT2D eigenvalue weighted by atomic mass is 16.5. The molecule has 2 aromatic heterocycles. The van der Waals surface area contributed by atoms with E-state index in [0.29, 0.717) is 11.1 Å². The van der Waals surface area contributed by atoms with Gasteiger partial charge in [-0.3, -0.25) is 4.98 Å². The molecule has 0 aromatic carbocycles. The van der Waals surface area contributed by atoms with Crippen LogP contribution in [0.5, 0.6) is 0 Å². The van der Waals surface area contributed by atoms with E-state index in [4.69, 9.17) is 4.74 Å². The third-order valence-electron chi connectivity index (χ3n) is 2.63. The number of H-pyrrole nitrogens is 1. The first kappa shape index (κ1) is 12.8. The Labute approximate surface area is 109 Å². The second-order valence-electron chi connectivity index (χ2n) is 3.68. The first-order valence-corrected chi connectivity index (χ1v) is 5.47. The summed E-state index contributed by atoms with van der Waals surface area (Å²) in [5, 5.41) is 0. The van der Waals surface area contributed by atoms with Gasteiger partial charge in [0.25, 0.3) is 0 Å². The zero-order valence-corrected chi connectivity index (χ0v) is 10.5. The molecule has 98 valence electrons. The van der Waals surface area contributed by atoms with Gasteiger partial charge < -0.3 is 14.5 Å². The number of aromatic nitrogens is 2. The van der Waals surface area contributed by atoms with Crippen LogP contribution in [0.25, 0.3) is 11.1 Å². The van der Waals surface area contributed by atoms with Crippen LogP contribution in [0.1, 0.15) is 20.8 Å². The Kier molecular flexibility index (Phi) is 3.61. The zero-order chi connectivity index (χ0) is 13.8. The molecule has 0 aliphatic rings. The van der Waals surface area contributed by atoms with Crippen LogP contribution in [-0.2, 0) is 9.47 Å². The van der Waals surface area contributed by atoms with Gasteiger partial charge in [-0.15, -0.1) is 0 Å². The number of nitrogens with zero attached hydrogens (tertiary/aromatic N) is 1. The summed E-state index contributed by atoms with van der Waals surface area (Å²) in [4.78, 5) is 30.1. The van der Waals surface area contributed by atoms with Crippen LogP contribution in [0, 0.1) is 0 Å². The molecule has 6 heteroatoms. The number of rotatable bonds is 3. The van der Waals surface area contributed by atoms with Gasteiger partial charge in [-0.1, -0.05) is 6.07 Å². The highest BCUT2D eigenvalue weighted by Gasteiger charge is 2.23. The minimum absolute atomic E-state index is 0.191. The van der Waals surface area contributed by atoms with Crippen molar-refractivity contribution in [1.82, 2.24) is 9.97 Å². The summed E-state index contributed by atoms with van der Waals surface area (Å²) in [6.07, 6.45) is 4.58. The van der Waals surface area contributed by atoms with Crippen molar-refractivity contribution in [2.75, 3.05) is 14.2 Å². The summed E-state index contributed by atoms with van der Waals surface area (Å²) in [6.45, 7) is 0. The predicted molar refractivity (Wildman–Crippen MR) is 66.7 cm³/mol. The lowest BCUT2D eigenvalue weighted by Gasteiger charge is -2.05. The van der Waals surface area contributed by atoms with E-state index in [0.717, 1.165) is 0 Å². The number of carbonyl (C=O) groups excluding carboxylic acids is 2. The highest BCUT2D eigenvalue weighted by Crippen LogP contribution is 2.28. The quantitative estimate of drug-likeness (QED) is 0.848. The van der Waals surface area contributed by atoms with Crippen LogP contribution in [0.2, 0.25) is 0 Å². The summed E-state index contributed by atoms with van der Waals surface area (Å²) in [7, 11) is 2.55. The van der Waals surface area contributed by atoms with Crippen molar-refractivity contribution in [3.8, 4) is 11.1 Å². The van der Waals surface area contributed by atoms with Gasteiger partial charge in [-0.2, -0.15) is 0 Å². The van der Waals surface area contributed by atoms with E-state index in [2.05, 4.69) is 14.7 Å². The molecule has 19 heavy (non-hydrogen) atoms. The molecule has 0 aliphatic carbocycles. The molecule has 2 heterocycles. The largest absolute Gasteiger partial charge is 0.465 e. The molecule has 0 saturated carbocycles. The summed E-state index contributed by atoms with van der Waals surface area (Å²) in [6, 6.07) is 3.46. The molecule has 0 aliphatic heterocycles. The number of hydrogen-bond acceptors (Lipinski definition) is 5. The molecule has 0 atom stereocenters. The van der Waals surface area contributed by atoms with Crippen LogP contribution < -0.4 is 0 Å². The fraction of sp³-hybridized carbons (Fsp3) is 0.154. The first-order chi connectivity index (χ1) is 9.19. The lowest BCUT2D eigenvalue weighted by atomic mass is 10.0. The van der Waals surface area contributed by atoms with Gasteiger partial charge in [0.05, 0.1) is 19.8 Å². The summed E-state index contributed by atoms with van der Waals surface area (Å²) in [5.74, 6) is -1.10. The van der Waals surface area contributed by atoms with Gasteiger partial charge in [0.1, 0.15) is 5.69 Å². The van der Waals surface area contributed by atoms with Gasteiger partial charge in [-0.25, -0.2) is 9.59 Å². The lowest BCUT2D eigenvalue weighted by molar-refractivity contribution is 0.0594. The molecular formula is C13H12N2O4. The molecule has 6 nitrogen and oxygen atoms in total. The topological polar surface area (TPSA) is 81.3 Å². The molecule has 0 fully saturated rings. The Balaban J connectivity index is 2.63. The van der Waals surface area contributed by atoms with Gasteiger partial charge in [0, 0.05) is 29.7 Å². The van der Waals surface area contributed by atoms with Crippen molar-refractivity contribution < 1.29 is 19.1 Å². The monoisotopic (exact) mass is 260 g/mol. The van der Waals surface area contributed by atoms with Gasteiger partial charge in [0.15, 0.2) is 0 Å². The maximum atomic E-state index is 11.7. The number of pyridine rings is 1. The lowest BCUT2D eigenvalue weighted by Crippen LogP contribution is -2.06. The first-order valence-electron chi connectivity index (χ1n) is 5.47. The molecule has 0 radical (unpaired) electrons. The van der Waals surface area contributed by atoms with Crippen LogP contribution >= 0.6 is 0 Å². The van der Waals surface area contributed by atoms with E-state index in [1.54, 1.807) is 24.5 Å². The Morgan fingerprint density at radius 3 is 2.53 bits per heavy atom. The van der Waals surface area contributed by atoms with E-state index in [1.807, 2.05) is 0 Å². The fourth-order valence-electron chi connectivity index (χ4n) is 1.77. The number of esters is 2. The van der Waals surface area contributed by atoms with Crippen LogP contribution in [0.3, 0.4) is 0 Å². The second-order valence-corrected chi connectivity index (χ2v) is 3.68. The number of nitrogens with one attached hydrogen (secondary N) is 1. The van der Waals surface area contributed by atoms with E-state index < -0.39 is 11.9 Å². The molecule has 1 N–H and O–H groups in total. The summed E-state index contributed by atoms with van der Waals surface area (Å²) < 4.78 is 9.38. The second kappa shape index (κ2) is 5.34. The van der Waals surface area contributed by atoms with Crippen molar-refractivity contribution in [2.45, 2.75) is 0 Å². The number of aromatic amines is 1. The average Bonchev–Trinajstić information content (AvgIpc) is 2.91. The molecule has 0 unspecified atom stereocenters. The van der Waals surface area contributed by atoms with Crippen molar-refractivity contribution in [1.29, 1.82) is 0 Å². The Morgan fingerprint density at radius 2 is 1.95 bits per heavy atom. The SMILES string of the molecule is COC(=O)c1c[nH]c(C(=O)OC)c1-c1cccnc1. The van der Waals surface area contributed by atoms with Gasteiger partial charge >= 0.3 is 11.9 Å². The van der Waals surface area contributed by atoms with Gasteiger partial charge in [0.2, 0.25) is 0 Å². The Hall–Kier alpha value is -2.63. The maximum Gasteiger partial charge on any atom is 0.355 e. The van der Waals surface area contributed by atoms with Crippen molar-refractivity contribution >= 4 is 11.9 Å². The Morgan fingerprint density at radius 1 is 1.21 bits per heavy atom. The van der Waals surface area contributed by atoms with E-state index >= 15 is 0 Å². The number of methoxy groups -OCH3 is 2. The van der Waals surface area contributed by atoms with E-state index in [-0.39, 0.29) is 11.3 Å². The third kappa shape index (κ3) is 2.33. The zero-order valence-electron chi connectivity index (χ0n) is 10.5. The molecule has 0 spiro atoms. The predicted octanol–water partition coefficient (Wildman–Crippen LogP) is 1.65. The van der Waals surface area contributed by atoms with Crippen LogP contribution in [0.15, 0.2) is 30.7 Å². The number of carbonyl (C=O) groups is 2. The third-order valence-corrected chi connectivity index (χ3v) is 2.63. The molecule has 0 amide bonds. The number of ether oxygens (including phenoxy) is 2. The summed E-state index contributed by atoms with van der Waals surface area (Å²) >= 11 is 0. The standard InChI is InChI=1S/C13H12N2O4/c1-18-12(16)9-7-15-11(13(17)19-2)10(9)8-4-3-5-14-6-8/h3-7,15H,1-2H3. The summed E-state index contributed by atoms with van der Waals surface area (Å²) in [5.41, 5.74) is 1.50. The molecule has 2 aromatic rings. The van der Waals surface area contributed by atoms with Crippen LogP contribution in [0.4, 0.5) is 0 Å². The Bertz CT molecular complexity index is 571. The van der Waals surface area contributed by atoms with E-state index in [9.17, 15) is 9.59 Å². The molecule has 2 rings (SSSR count). The normalized spacial score (nSPS) is 10.0. The fourth-order valence-corrected chi connectivity index (χ4v) is 1.77. The smallest absolute Gasteiger partial charge is 0.355 e. The van der Waals surface area contributed by atoms with Crippen molar-refractivity contribution in [3.63, 3.8) is 0 Å². The molecule has 0 bridgehead atoms. The van der Waals surface area contributed by atoms with Crippen molar-refractivity contribution in [3.05, 3.63) is 42.0 Å². The maximum absolute atomic E-state index is 11.7. The molecule has 0 saturated heterocycles. The van der Waals surface area contributed by atoms with E-state index in [1.165, 1.54) is 20.4 Å². The van der Waals surface area contributed by atoms with Crippen LogP contribution in [-0.4, -0.2) is 36.1 Å². The van der Waals surface area contributed by atoms with Crippen molar-refractivity contribution in [2.24, 2.45) is 0 Å². The molecular weight excluding hydrogens is 248 g/mol.